The molecule has 0 aromatic heterocycles. The van der Waals surface area contributed by atoms with E-state index in [0.29, 0.717) is 11.5 Å². The Morgan fingerprint density at radius 3 is 2.10 bits per heavy atom. The summed E-state index contributed by atoms with van der Waals surface area (Å²) in [4.78, 5) is 12.9. The maximum absolute atomic E-state index is 12.9. The van der Waals surface area contributed by atoms with Gasteiger partial charge in [-0.1, -0.05) is 60.7 Å². The van der Waals surface area contributed by atoms with Gasteiger partial charge in [0.15, 0.2) is 11.5 Å². The molecular weight excluding hydrogens is 376 g/mol. The van der Waals surface area contributed by atoms with E-state index >= 15 is 0 Å². The Morgan fingerprint density at radius 1 is 0.933 bits per heavy atom. The fourth-order valence-corrected chi connectivity index (χ4v) is 4.04. The van der Waals surface area contributed by atoms with Crippen molar-refractivity contribution in [2.24, 2.45) is 11.0 Å². The third kappa shape index (κ3) is 3.66. The van der Waals surface area contributed by atoms with Crippen molar-refractivity contribution >= 4 is 12.1 Å². The molecule has 0 aliphatic heterocycles. The maximum Gasteiger partial charge on any atom is 0.244 e. The summed E-state index contributed by atoms with van der Waals surface area (Å²) < 4.78 is 10.5. The lowest BCUT2D eigenvalue weighted by Gasteiger charge is -2.18. The summed E-state index contributed by atoms with van der Waals surface area (Å²) in [6, 6.07) is 25.9. The van der Waals surface area contributed by atoms with E-state index in [1.807, 2.05) is 48.5 Å². The SMILES string of the molecule is COc1ccc(/C=N\NC(=O)[C@@H]2CC2(c2ccccc2)c2ccccc2)cc1OC. The van der Waals surface area contributed by atoms with Gasteiger partial charge in [0.2, 0.25) is 5.91 Å². The molecule has 1 aliphatic carbocycles. The lowest BCUT2D eigenvalue weighted by atomic mass is 9.85. The zero-order valence-corrected chi connectivity index (χ0v) is 17.0. The van der Waals surface area contributed by atoms with Crippen LogP contribution in [0, 0.1) is 5.92 Å². The largest absolute Gasteiger partial charge is 0.493 e. The number of carbonyl (C=O) groups excluding carboxylic acids is 1. The fourth-order valence-electron chi connectivity index (χ4n) is 4.04. The minimum atomic E-state index is -0.300. The van der Waals surface area contributed by atoms with Crippen LogP contribution in [0.3, 0.4) is 0 Å². The van der Waals surface area contributed by atoms with Crippen LogP contribution < -0.4 is 14.9 Å². The molecule has 0 saturated heterocycles. The Hall–Kier alpha value is -3.60. The van der Waals surface area contributed by atoms with Crippen molar-refractivity contribution in [1.82, 2.24) is 5.43 Å². The van der Waals surface area contributed by atoms with Crippen molar-refractivity contribution in [3.05, 3.63) is 95.6 Å². The molecule has 5 nitrogen and oxygen atoms in total. The zero-order valence-electron chi connectivity index (χ0n) is 17.0. The Bertz CT molecular complexity index is 1010. The van der Waals surface area contributed by atoms with Crippen LogP contribution in [-0.2, 0) is 10.2 Å². The van der Waals surface area contributed by atoms with E-state index in [2.05, 4.69) is 34.8 Å². The zero-order chi connectivity index (χ0) is 21.0. The van der Waals surface area contributed by atoms with Crippen LogP contribution in [0.25, 0.3) is 0 Å². The first-order valence-electron chi connectivity index (χ1n) is 9.85. The maximum atomic E-state index is 12.9. The van der Waals surface area contributed by atoms with Crippen LogP contribution in [0.2, 0.25) is 0 Å². The molecule has 0 spiro atoms. The van der Waals surface area contributed by atoms with Gasteiger partial charge in [0.1, 0.15) is 0 Å². The van der Waals surface area contributed by atoms with E-state index in [1.54, 1.807) is 26.5 Å². The number of hydrogen-bond donors (Lipinski definition) is 1. The van der Waals surface area contributed by atoms with Gasteiger partial charge in [-0.25, -0.2) is 5.43 Å². The Labute approximate surface area is 176 Å². The van der Waals surface area contributed by atoms with Gasteiger partial charge in [0, 0.05) is 5.41 Å². The molecule has 0 radical (unpaired) electrons. The third-order valence-corrected chi connectivity index (χ3v) is 5.65. The standard InChI is InChI=1S/C25H24N2O3/c1-29-22-14-13-18(15-23(22)30-2)17-26-27-24(28)21-16-25(21,19-9-5-3-6-10-19)20-11-7-4-8-12-20/h3-15,17,21H,16H2,1-2H3,(H,27,28)/b26-17-/t21-/m0/s1. The number of rotatable bonds is 7. The molecule has 1 N–H and O–H groups in total. The molecule has 1 saturated carbocycles. The minimum absolute atomic E-state index is 0.0839. The van der Waals surface area contributed by atoms with E-state index < -0.39 is 0 Å². The molecule has 0 bridgehead atoms. The first-order chi connectivity index (χ1) is 14.7. The number of nitrogens with one attached hydrogen (secondary N) is 1. The highest BCUT2D eigenvalue weighted by atomic mass is 16.5. The normalized spacial score (nSPS) is 16.8. The second kappa shape index (κ2) is 8.41. The summed E-state index contributed by atoms with van der Waals surface area (Å²) >= 11 is 0. The van der Waals surface area contributed by atoms with Gasteiger partial charge >= 0.3 is 0 Å². The number of hydrogen-bond acceptors (Lipinski definition) is 4. The molecule has 4 rings (SSSR count). The number of benzene rings is 3. The van der Waals surface area contributed by atoms with Crippen LogP contribution in [0.4, 0.5) is 0 Å². The van der Waals surface area contributed by atoms with Crippen molar-refractivity contribution in [2.45, 2.75) is 11.8 Å². The molecule has 152 valence electrons. The van der Waals surface area contributed by atoms with E-state index in [0.717, 1.165) is 23.1 Å². The van der Waals surface area contributed by atoms with Gasteiger partial charge in [0.25, 0.3) is 0 Å². The van der Waals surface area contributed by atoms with Gasteiger partial charge < -0.3 is 9.47 Å². The Kier molecular flexibility index (Phi) is 5.53. The molecule has 3 aromatic rings. The fraction of sp³-hybridized carbons (Fsp3) is 0.200. The van der Waals surface area contributed by atoms with E-state index in [1.165, 1.54) is 0 Å². The van der Waals surface area contributed by atoms with Gasteiger partial charge in [-0.15, -0.1) is 0 Å². The van der Waals surface area contributed by atoms with Crippen LogP contribution >= 0.6 is 0 Å². The molecular formula is C25H24N2O3. The highest BCUT2D eigenvalue weighted by Crippen LogP contribution is 2.58. The van der Waals surface area contributed by atoms with E-state index in [9.17, 15) is 4.79 Å². The van der Waals surface area contributed by atoms with E-state index in [4.69, 9.17) is 9.47 Å². The molecule has 1 atom stereocenters. The van der Waals surface area contributed by atoms with Crippen LogP contribution in [-0.4, -0.2) is 26.3 Å². The lowest BCUT2D eigenvalue weighted by Crippen LogP contribution is -2.25. The molecule has 5 heteroatoms. The topological polar surface area (TPSA) is 59.9 Å². The monoisotopic (exact) mass is 400 g/mol. The van der Waals surface area contributed by atoms with Crippen molar-refractivity contribution in [1.29, 1.82) is 0 Å². The first kappa shape index (κ1) is 19.7. The molecule has 1 aliphatic rings. The van der Waals surface area contributed by atoms with Crippen molar-refractivity contribution < 1.29 is 14.3 Å². The minimum Gasteiger partial charge on any atom is -0.493 e. The number of ether oxygens (including phenoxy) is 2. The number of amides is 1. The van der Waals surface area contributed by atoms with Gasteiger partial charge in [-0.3, -0.25) is 4.79 Å². The summed E-state index contributed by atoms with van der Waals surface area (Å²) in [5.74, 6) is 1.01. The third-order valence-electron chi connectivity index (χ3n) is 5.65. The predicted molar refractivity (Wildman–Crippen MR) is 117 cm³/mol. The van der Waals surface area contributed by atoms with Gasteiger partial charge in [0.05, 0.1) is 26.4 Å². The Morgan fingerprint density at radius 2 is 1.53 bits per heavy atom. The van der Waals surface area contributed by atoms with Crippen LogP contribution in [0.15, 0.2) is 84.0 Å². The molecule has 30 heavy (non-hydrogen) atoms. The van der Waals surface area contributed by atoms with E-state index in [-0.39, 0.29) is 17.2 Å². The van der Waals surface area contributed by atoms with Crippen LogP contribution in [0.5, 0.6) is 11.5 Å². The highest BCUT2D eigenvalue weighted by molar-refractivity contribution is 5.88. The molecule has 1 amide bonds. The van der Waals surface area contributed by atoms with Crippen LogP contribution in [0.1, 0.15) is 23.1 Å². The smallest absolute Gasteiger partial charge is 0.244 e. The van der Waals surface area contributed by atoms with Crippen molar-refractivity contribution in [3.8, 4) is 11.5 Å². The summed E-state index contributed by atoms with van der Waals surface area (Å²) in [5, 5.41) is 4.17. The summed E-state index contributed by atoms with van der Waals surface area (Å²) in [6.45, 7) is 0. The number of methoxy groups -OCH3 is 2. The summed E-state index contributed by atoms with van der Waals surface area (Å²) in [7, 11) is 3.17. The first-order valence-corrected chi connectivity index (χ1v) is 9.85. The quantitative estimate of drug-likeness (QED) is 0.479. The second-order valence-electron chi connectivity index (χ2n) is 7.31. The van der Waals surface area contributed by atoms with Crippen molar-refractivity contribution in [2.75, 3.05) is 14.2 Å². The van der Waals surface area contributed by atoms with Gasteiger partial charge in [-0.2, -0.15) is 5.10 Å². The average molecular weight is 400 g/mol. The summed E-state index contributed by atoms with van der Waals surface area (Å²) in [5.41, 5.74) is 5.52. The lowest BCUT2D eigenvalue weighted by molar-refractivity contribution is -0.122. The highest BCUT2D eigenvalue weighted by Gasteiger charge is 2.60. The second-order valence-corrected chi connectivity index (χ2v) is 7.31. The average Bonchev–Trinajstić information content (AvgIpc) is 3.57. The number of nitrogens with zero attached hydrogens (tertiary/aromatic N) is 1. The summed E-state index contributed by atoms with van der Waals surface area (Å²) in [6.07, 6.45) is 2.37. The molecule has 1 fully saturated rings. The van der Waals surface area contributed by atoms with Crippen molar-refractivity contribution in [3.63, 3.8) is 0 Å². The number of carbonyl (C=O) groups is 1. The van der Waals surface area contributed by atoms with Gasteiger partial charge in [-0.05, 0) is 41.3 Å². The number of hydrazone groups is 1. The predicted octanol–water partition coefficient (Wildman–Crippen LogP) is 4.16. The Balaban J connectivity index is 1.51. The molecule has 0 unspecified atom stereocenters. The molecule has 3 aromatic carbocycles. The molecule has 0 heterocycles.